The van der Waals surface area contributed by atoms with Crippen LogP contribution in [-0.4, -0.2) is 35.4 Å². The second-order valence-corrected chi connectivity index (χ2v) is 9.67. The molecule has 190 valence electrons. The molecule has 0 aliphatic carbocycles. The minimum atomic E-state index is -0.712. The largest absolute Gasteiger partial charge is 0.483 e. The molecular weight excluding hydrogens is 472 g/mol. The van der Waals surface area contributed by atoms with Crippen LogP contribution in [0.4, 0.5) is 0 Å². The molecule has 0 unspecified atom stereocenters. The number of hydrogen-bond acceptors (Lipinski definition) is 3. The van der Waals surface area contributed by atoms with Gasteiger partial charge < -0.3 is 15.0 Å². The van der Waals surface area contributed by atoms with Crippen molar-refractivity contribution in [3.8, 4) is 5.75 Å². The van der Waals surface area contributed by atoms with Crippen LogP contribution in [0.1, 0.15) is 42.5 Å². The minimum absolute atomic E-state index is 0.00893. The quantitative estimate of drug-likeness (QED) is 0.352. The molecule has 0 heterocycles. The van der Waals surface area contributed by atoms with Crippen molar-refractivity contribution in [2.24, 2.45) is 0 Å². The molecule has 0 saturated heterocycles. The van der Waals surface area contributed by atoms with E-state index in [1.807, 2.05) is 94.4 Å². The highest BCUT2D eigenvalue weighted by atomic mass is 35.5. The molecule has 5 nitrogen and oxygen atoms in total. The maximum absolute atomic E-state index is 13.7. The fourth-order valence-corrected chi connectivity index (χ4v) is 4.22. The predicted octanol–water partition coefficient (Wildman–Crippen LogP) is 5.89. The van der Waals surface area contributed by atoms with Crippen LogP contribution in [0.2, 0.25) is 5.02 Å². The summed E-state index contributed by atoms with van der Waals surface area (Å²) < 4.78 is 5.93. The average molecular weight is 507 g/mol. The average Bonchev–Trinajstić information content (AvgIpc) is 2.86. The molecule has 0 radical (unpaired) electrons. The van der Waals surface area contributed by atoms with Gasteiger partial charge in [0, 0.05) is 24.0 Å². The molecule has 3 aromatic carbocycles. The number of hydrogen-bond donors (Lipinski definition) is 1. The zero-order valence-corrected chi connectivity index (χ0v) is 22.2. The van der Waals surface area contributed by atoms with Crippen LogP contribution in [0.15, 0.2) is 72.8 Å². The highest BCUT2D eigenvalue weighted by molar-refractivity contribution is 6.30. The van der Waals surface area contributed by atoms with Crippen LogP contribution in [0.25, 0.3) is 0 Å². The van der Waals surface area contributed by atoms with Gasteiger partial charge in [0.2, 0.25) is 5.91 Å². The number of amides is 2. The summed E-state index contributed by atoms with van der Waals surface area (Å²) in [6, 6.07) is 22.2. The number of carbonyl (C=O) groups is 2. The van der Waals surface area contributed by atoms with Crippen molar-refractivity contribution in [1.82, 2.24) is 10.2 Å². The molecule has 0 aliphatic heterocycles. The van der Waals surface area contributed by atoms with E-state index in [0.717, 1.165) is 28.7 Å². The van der Waals surface area contributed by atoms with Gasteiger partial charge in [0.15, 0.2) is 6.61 Å². The van der Waals surface area contributed by atoms with E-state index < -0.39 is 6.04 Å². The van der Waals surface area contributed by atoms with E-state index in [9.17, 15) is 9.59 Å². The third kappa shape index (κ3) is 7.85. The Bertz CT molecular complexity index is 1170. The maximum atomic E-state index is 13.7. The van der Waals surface area contributed by atoms with Gasteiger partial charge in [-0.15, -0.1) is 0 Å². The summed E-state index contributed by atoms with van der Waals surface area (Å²) in [7, 11) is 0. The second kappa shape index (κ2) is 13.1. The maximum Gasteiger partial charge on any atom is 0.261 e. The zero-order chi connectivity index (χ0) is 26.1. The summed E-state index contributed by atoms with van der Waals surface area (Å²) in [6.45, 7) is 8.01. The first-order chi connectivity index (χ1) is 17.3. The molecule has 3 rings (SSSR count). The van der Waals surface area contributed by atoms with Gasteiger partial charge in [-0.2, -0.15) is 0 Å². The third-order valence-corrected chi connectivity index (χ3v) is 6.43. The molecule has 0 fully saturated rings. The van der Waals surface area contributed by atoms with Crippen LogP contribution >= 0.6 is 11.6 Å². The molecule has 0 spiro atoms. The highest BCUT2D eigenvalue weighted by Gasteiger charge is 2.31. The van der Waals surface area contributed by atoms with E-state index in [0.29, 0.717) is 17.2 Å². The zero-order valence-electron chi connectivity index (χ0n) is 21.5. The van der Waals surface area contributed by atoms with E-state index >= 15 is 0 Å². The Kier molecular flexibility index (Phi) is 9.95. The van der Waals surface area contributed by atoms with E-state index in [1.54, 1.807) is 11.0 Å². The van der Waals surface area contributed by atoms with Crippen molar-refractivity contribution in [1.29, 1.82) is 0 Å². The molecule has 0 bridgehead atoms. The number of benzene rings is 3. The smallest absolute Gasteiger partial charge is 0.261 e. The van der Waals surface area contributed by atoms with Crippen molar-refractivity contribution < 1.29 is 14.3 Å². The Labute approximate surface area is 219 Å². The van der Waals surface area contributed by atoms with Gasteiger partial charge in [-0.25, -0.2) is 0 Å². The Morgan fingerprint density at radius 2 is 1.69 bits per heavy atom. The standard InChI is InChI=1S/C30H35ClN2O3/c1-5-23(4)32-30(35)27(18-24-10-7-6-8-11-24)33(19-25-12-9-13-26(31)17-25)29(34)20-36-28-15-14-21(2)16-22(28)3/h6-17,23,27H,5,18-20H2,1-4H3,(H,32,35)/t23-,27-/m1/s1. The van der Waals surface area contributed by atoms with Crippen LogP contribution < -0.4 is 10.1 Å². The highest BCUT2D eigenvalue weighted by Crippen LogP contribution is 2.21. The fourth-order valence-electron chi connectivity index (χ4n) is 4.01. The summed E-state index contributed by atoms with van der Waals surface area (Å²) in [6.07, 6.45) is 1.18. The van der Waals surface area contributed by atoms with Crippen molar-refractivity contribution in [2.75, 3.05) is 6.61 Å². The molecule has 2 atom stereocenters. The lowest BCUT2D eigenvalue weighted by molar-refractivity contribution is -0.143. The lowest BCUT2D eigenvalue weighted by Gasteiger charge is -2.32. The lowest BCUT2D eigenvalue weighted by atomic mass is 10.0. The number of halogens is 1. The van der Waals surface area contributed by atoms with Gasteiger partial charge in [0.05, 0.1) is 0 Å². The van der Waals surface area contributed by atoms with Gasteiger partial charge in [0.1, 0.15) is 11.8 Å². The van der Waals surface area contributed by atoms with Crippen molar-refractivity contribution in [2.45, 2.75) is 59.2 Å². The van der Waals surface area contributed by atoms with E-state index in [4.69, 9.17) is 16.3 Å². The summed E-state index contributed by atoms with van der Waals surface area (Å²) in [5.74, 6) is 0.200. The first-order valence-electron chi connectivity index (χ1n) is 12.3. The fraction of sp³-hybridized carbons (Fsp3) is 0.333. The van der Waals surface area contributed by atoms with Gasteiger partial charge in [0.25, 0.3) is 5.91 Å². The van der Waals surface area contributed by atoms with Crippen LogP contribution in [0.5, 0.6) is 5.75 Å². The van der Waals surface area contributed by atoms with Crippen LogP contribution in [0.3, 0.4) is 0 Å². The second-order valence-electron chi connectivity index (χ2n) is 9.23. The van der Waals surface area contributed by atoms with Crippen molar-refractivity contribution in [3.63, 3.8) is 0 Å². The first kappa shape index (κ1) is 27.3. The molecule has 36 heavy (non-hydrogen) atoms. The minimum Gasteiger partial charge on any atom is -0.483 e. The van der Waals surface area contributed by atoms with Gasteiger partial charge in [-0.1, -0.05) is 78.7 Å². The number of aryl methyl sites for hydroxylation is 2. The van der Waals surface area contributed by atoms with Crippen LogP contribution in [0, 0.1) is 13.8 Å². The lowest BCUT2D eigenvalue weighted by Crippen LogP contribution is -2.53. The molecule has 1 N–H and O–H groups in total. The summed E-state index contributed by atoms with van der Waals surface area (Å²) in [5.41, 5.74) is 3.90. The van der Waals surface area contributed by atoms with Gasteiger partial charge in [-0.05, 0) is 62.1 Å². The number of nitrogens with zero attached hydrogens (tertiary/aromatic N) is 1. The molecule has 3 aromatic rings. The third-order valence-electron chi connectivity index (χ3n) is 6.20. The van der Waals surface area contributed by atoms with Crippen LogP contribution in [-0.2, 0) is 22.6 Å². The predicted molar refractivity (Wildman–Crippen MR) is 145 cm³/mol. The Balaban J connectivity index is 1.92. The van der Waals surface area contributed by atoms with E-state index in [-0.39, 0.29) is 31.0 Å². The van der Waals surface area contributed by atoms with Gasteiger partial charge in [-0.3, -0.25) is 9.59 Å². The molecule has 0 saturated carbocycles. The normalized spacial score (nSPS) is 12.5. The number of ether oxygens (including phenoxy) is 1. The molecule has 0 aliphatic rings. The van der Waals surface area contributed by atoms with Crippen molar-refractivity contribution in [3.05, 3.63) is 100 Å². The Morgan fingerprint density at radius 3 is 2.36 bits per heavy atom. The summed E-state index contributed by atoms with van der Waals surface area (Å²) >= 11 is 6.23. The SMILES string of the molecule is CC[C@@H](C)NC(=O)[C@@H](Cc1ccccc1)N(Cc1cccc(Cl)c1)C(=O)COc1ccc(C)cc1C. The number of rotatable bonds is 11. The summed E-state index contributed by atoms with van der Waals surface area (Å²) in [5, 5.41) is 3.65. The van der Waals surface area contributed by atoms with Crippen molar-refractivity contribution >= 4 is 23.4 Å². The van der Waals surface area contributed by atoms with E-state index in [1.165, 1.54) is 0 Å². The Hall–Kier alpha value is -3.31. The molecular formula is C30H35ClN2O3. The Morgan fingerprint density at radius 1 is 0.972 bits per heavy atom. The number of nitrogens with one attached hydrogen (secondary N) is 1. The number of carbonyl (C=O) groups excluding carboxylic acids is 2. The first-order valence-corrected chi connectivity index (χ1v) is 12.7. The molecule has 0 aromatic heterocycles. The van der Waals surface area contributed by atoms with E-state index in [2.05, 4.69) is 5.32 Å². The van der Waals surface area contributed by atoms with Gasteiger partial charge >= 0.3 is 0 Å². The molecule has 6 heteroatoms. The summed E-state index contributed by atoms with van der Waals surface area (Å²) in [4.78, 5) is 28.8. The molecule has 2 amide bonds. The topological polar surface area (TPSA) is 58.6 Å². The monoisotopic (exact) mass is 506 g/mol.